The van der Waals surface area contributed by atoms with Crippen molar-refractivity contribution in [3.63, 3.8) is 0 Å². The van der Waals surface area contributed by atoms with Crippen molar-refractivity contribution < 1.29 is 14.3 Å². The Hall–Kier alpha value is -1.79. The highest BCUT2D eigenvalue weighted by molar-refractivity contribution is 7.99. The van der Waals surface area contributed by atoms with E-state index in [1.54, 1.807) is 18.7 Å². The molecule has 1 aromatic heterocycles. The molecule has 1 heterocycles. The standard InChI is InChI=1S/C22H27NO3S2/c1-4-26-22(25)20-17-10-9-14(2)11-18(17)28-21(20)23-19(24)13-27-12-16-8-6-5-7-15(16)3/h5-8,14H,4,9-13H2,1-3H3,(H,23,24)/t14-/m0/s1. The first-order valence-electron chi connectivity index (χ1n) is 9.73. The van der Waals surface area contributed by atoms with Gasteiger partial charge in [-0.05, 0) is 55.7 Å². The first-order chi connectivity index (χ1) is 13.5. The van der Waals surface area contributed by atoms with Crippen LogP contribution in [0.25, 0.3) is 0 Å². The molecule has 0 fully saturated rings. The average molecular weight is 418 g/mol. The second kappa shape index (κ2) is 9.61. The third-order valence-electron chi connectivity index (χ3n) is 5.00. The summed E-state index contributed by atoms with van der Waals surface area (Å²) in [5.74, 6) is 1.36. The molecule has 1 aliphatic rings. The molecule has 1 atom stereocenters. The number of carbonyl (C=O) groups excluding carboxylic acids is 2. The zero-order valence-corrected chi connectivity index (χ0v) is 18.3. The monoisotopic (exact) mass is 417 g/mol. The fourth-order valence-corrected chi connectivity index (χ4v) is 5.76. The van der Waals surface area contributed by atoms with Crippen molar-refractivity contribution in [2.45, 2.75) is 45.8 Å². The molecule has 6 heteroatoms. The lowest BCUT2D eigenvalue weighted by molar-refractivity contribution is -0.113. The number of nitrogens with one attached hydrogen (secondary N) is 1. The van der Waals surface area contributed by atoms with Gasteiger partial charge in [0.2, 0.25) is 5.91 Å². The molecule has 0 bridgehead atoms. The van der Waals surface area contributed by atoms with E-state index in [-0.39, 0.29) is 11.9 Å². The van der Waals surface area contributed by atoms with E-state index in [1.165, 1.54) is 27.3 Å². The van der Waals surface area contributed by atoms with E-state index in [9.17, 15) is 9.59 Å². The smallest absolute Gasteiger partial charge is 0.341 e. The van der Waals surface area contributed by atoms with Crippen molar-refractivity contribution in [1.29, 1.82) is 0 Å². The van der Waals surface area contributed by atoms with Crippen molar-refractivity contribution in [2.75, 3.05) is 17.7 Å². The number of rotatable bonds is 7. The van der Waals surface area contributed by atoms with Gasteiger partial charge in [-0.25, -0.2) is 4.79 Å². The predicted molar refractivity (Wildman–Crippen MR) is 117 cm³/mol. The lowest BCUT2D eigenvalue weighted by atomic mass is 9.88. The van der Waals surface area contributed by atoms with Crippen LogP contribution in [-0.4, -0.2) is 24.2 Å². The minimum Gasteiger partial charge on any atom is -0.462 e. The molecule has 1 amide bonds. The number of carbonyl (C=O) groups is 2. The molecule has 3 rings (SSSR count). The second-order valence-electron chi connectivity index (χ2n) is 7.24. The number of benzene rings is 1. The van der Waals surface area contributed by atoms with Crippen molar-refractivity contribution >= 4 is 40.0 Å². The number of amides is 1. The van der Waals surface area contributed by atoms with Crippen LogP contribution in [0.15, 0.2) is 24.3 Å². The zero-order chi connectivity index (χ0) is 20.1. The van der Waals surface area contributed by atoms with Gasteiger partial charge in [0.15, 0.2) is 0 Å². The predicted octanol–water partition coefficient (Wildman–Crippen LogP) is 5.23. The van der Waals surface area contributed by atoms with Crippen molar-refractivity contribution in [2.24, 2.45) is 5.92 Å². The van der Waals surface area contributed by atoms with Crippen LogP contribution in [0.2, 0.25) is 0 Å². The molecule has 1 aromatic carbocycles. The van der Waals surface area contributed by atoms with Crippen LogP contribution in [-0.2, 0) is 28.1 Å². The van der Waals surface area contributed by atoms with Crippen LogP contribution in [0.5, 0.6) is 0 Å². The lowest BCUT2D eigenvalue weighted by Gasteiger charge is -2.18. The molecular formula is C22H27NO3S2. The van der Waals surface area contributed by atoms with E-state index in [0.717, 1.165) is 30.6 Å². The van der Waals surface area contributed by atoms with Gasteiger partial charge in [0.25, 0.3) is 0 Å². The van der Waals surface area contributed by atoms with Gasteiger partial charge in [-0.1, -0.05) is 31.2 Å². The Morgan fingerprint density at radius 2 is 2.11 bits per heavy atom. The maximum Gasteiger partial charge on any atom is 0.341 e. The van der Waals surface area contributed by atoms with E-state index in [0.29, 0.717) is 28.8 Å². The molecule has 1 N–H and O–H groups in total. The average Bonchev–Trinajstić information content (AvgIpc) is 3.00. The minimum atomic E-state index is -0.322. The number of aryl methyl sites for hydroxylation is 1. The molecule has 0 saturated heterocycles. The molecule has 2 aromatic rings. The van der Waals surface area contributed by atoms with Gasteiger partial charge in [0, 0.05) is 10.6 Å². The van der Waals surface area contributed by atoms with E-state index < -0.39 is 0 Å². The molecular weight excluding hydrogens is 390 g/mol. The summed E-state index contributed by atoms with van der Waals surface area (Å²) in [6.45, 7) is 6.45. The van der Waals surface area contributed by atoms with Gasteiger partial charge < -0.3 is 10.1 Å². The number of hydrogen-bond donors (Lipinski definition) is 1. The third kappa shape index (κ3) is 4.97. The normalized spacial score (nSPS) is 15.8. The number of thioether (sulfide) groups is 1. The zero-order valence-electron chi connectivity index (χ0n) is 16.7. The summed E-state index contributed by atoms with van der Waals surface area (Å²) in [7, 11) is 0. The van der Waals surface area contributed by atoms with Crippen LogP contribution < -0.4 is 5.32 Å². The summed E-state index contributed by atoms with van der Waals surface area (Å²) in [6.07, 6.45) is 2.90. The lowest BCUT2D eigenvalue weighted by Crippen LogP contribution is -2.17. The first-order valence-corrected chi connectivity index (χ1v) is 11.7. The molecule has 1 aliphatic carbocycles. The van der Waals surface area contributed by atoms with Gasteiger partial charge in [-0.3, -0.25) is 4.79 Å². The van der Waals surface area contributed by atoms with Crippen molar-refractivity contribution in [1.82, 2.24) is 0 Å². The molecule has 0 saturated carbocycles. The Morgan fingerprint density at radius 3 is 2.86 bits per heavy atom. The number of anilines is 1. The maximum atomic E-state index is 12.5. The van der Waals surface area contributed by atoms with Crippen molar-refractivity contribution in [3.05, 3.63) is 51.4 Å². The van der Waals surface area contributed by atoms with Gasteiger partial charge in [-0.2, -0.15) is 0 Å². The molecule has 0 spiro atoms. The van der Waals surface area contributed by atoms with E-state index in [2.05, 4.69) is 31.3 Å². The van der Waals surface area contributed by atoms with Gasteiger partial charge in [-0.15, -0.1) is 23.1 Å². The number of hydrogen-bond acceptors (Lipinski definition) is 5. The van der Waals surface area contributed by atoms with Crippen LogP contribution in [0.3, 0.4) is 0 Å². The Kier molecular flexibility index (Phi) is 7.18. The minimum absolute atomic E-state index is 0.0734. The summed E-state index contributed by atoms with van der Waals surface area (Å²) in [6, 6.07) is 8.21. The number of thiophene rings is 1. The Labute approximate surface area is 175 Å². The molecule has 0 radical (unpaired) electrons. The van der Waals surface area contributed by atoms with Crippen LogP contribution in [0.1, 0.15) is 52.2 Å². The van der Waals surface area contributed by atoms with E-state index in [1.807, 2.05) is 12.1 Å². The number of esters is 1. The van der Waals surface area contributed by atoms with Gasteiger partial charge in [0.1, 0.15) is 5.00 Å². The molecule has 150 valence electrons. The van der Waals surface area contributed by atoms with Crippen molar-refractivity contribution in [3.8, 4) is 0 Å². The summed E-state index contributed by atoms with van der Waals surface area (Å²) >= 11 is 3.12. The summed E-state index contributed by atoms with van der Waals surface area (Å²) in [5, 5.41) is 3.63. The van der Waals surface area contributed by atoms with E-state index >= 15 is 0 Å². The number of ether oxygens (including phenoxy) is 1. The van der Waals surface area contributed by atoms with Crippen LogP contribution in [0, 0.1) is 12.8 Å². The number of fused-ring (bicyclic) bond motifs is 1. The summed E-state index contributed by atoms with van der Waals surface area (Å²) in [5.41, 5.74) is 4.13. The Bertz CT molecular complexity index is 859. The van der Waals surface area contributed by atoms with Crippen LogP contribution >= 0.6 is 23.1 Å². The maximum absolute atomic E-state index is 12.5. The van der Waals surface area contributed by atoms with Gasteiger partial charge in [0.05, 0.1) is 17.9 Å². The second-order valence-corrected chi connectivity index (χ2v) is 9.33. The van der Waals surface area contributed by atoms with Crippen LogP contribution in [0.4, 0.5) is 5.00 Å². The molecule has 4 nitrogen and oxygen atoms in total. The highest BCUT2D eigenvalue weighted by Gasteiger charge is 2.29. The molecule has 28 heavy (non-hydrogen) atoms. The summed E-state index contributed by atoms with van der Waals surface area (Å²) in [4.78, 5) is 26.3. The Balaban J connectivity index is 1.68. The van der Waals surface area contributed by atoms with Gasteiger partial charge >= 0.3 is 5.97 Å². The highest BCUT2D eigenvalue weighted by atomic mass is 32.2. The third-order valence-corrected chi connectivity index (χ3v) is 7.15. The topological polar surface area (TPSA) is 55.4 Å². The highest BCUT2D eigenvalue weighted by Crippen LogP contribution is 2.40. The summed E-state index contributed by atoms with van der Waals surface area (Å²) < 4.78 is 5.26. The SMILES string of the molecule is CCOC(=O)c1c(NC(=O)CSCc2ccccc2C)sc2c1CC[C@H](C)C2. The largest absolute Gasteiger partial charge is 0.462 e. The van der Waals surface area contributed by atoms with E-state index in [4.69, 9.17) is 4.74 Å². The fourth-order valence-electron chi connectivity index (χ4n) is 3.45. The quantitative estimate of drug-likeness (QED) is 0.627. The Morgan fingerprint density at radius 1 is 1.32 bits per heavy atom. The fraction of sp³-hybridized carbons (Fsp3) is 0.455. The molecule has 0 unspecified atom stereocenters. The molecule has 0 aliphatic heterocycles. The first kappa shape index (κ1) is 20.9.